The van der Waals surface area contributed by atoms with Gasteiger partial charge in [-0.3, -0.25) is 0 Å². The maximum Gasteiger partial charge on any atom is 0.272 e. The van der Waals surface area contributed by atoms with E-state index in [0.29, 0.717) is 5.56 Å². The first kappa shape index (κ1) is 9.79. The van der Waals surface area contributed by atoms with E-state index in [1.165, 1.54) is 6.20 Å². The minimum atomic E-state index is -2.52. The molecule has 1 aromatic rings. The zero-order chi connectivity index (χ0) is 9.68. The van der Waals surface area contributed by atoms with Crippen LogP contribution in [0.5, 0.6) is 5.88 Å². The van der Waals surface area contributed by atoms with E-state index in [0.717, 1.165) is 0 Å². The van der Waals surface area contributed by atoms with Gasteiger partial charge in [-0.1, -0.05) is 0 Å². The second-order valence-corrected chi connectivity index (χ2v) is 2.27. The third-order valence-corrected chi connectivity index (χ3v) is 1.33. The Hall–Kier alpha value is -1.30. The average Bonchev–Trinajstić information content (AvgIpc) is 2.15. The Morgan fingerprint density at radius 2 is 2.31 bits per heavy atom. The molecule has 1 aromatic heterocycles. The Morgan fingerprint density at radius 3 is 2.92 bits per heavy atom. The van der Waals surface area contributed by atoms with Crippen molar-refractivity contribution in [3.63, 3.8) is 0 Å². The van der Waals surface area contributed by atoms with Crippen LogP contribution in [0.1, 0.15) is 5.56 Å². The summed E-state index contributed by atoms with van der Waals surface area (Å²) in [6.45, 7) is -0.500. The molecule has 0 atom stereocenters. The second kappa shape index (κ2) is 4.66. The van der Waals surface area contributed by atoms with Crippen molar-refractivity contribution in [2.75, 3.05) is 6.61 Å². The van der Waals surface area contributed by atoms with Gasteiger partial charge in [-0.05, 0) is 6.07 Å². The van der Waals surface area contributed by atoms with Crippen LogP contribution in [0.4, 0.5) is 8.78 Å². The molecule has 0 aliphatic heterocycles. The topological polar surface area (TPSA) is 61.0 Å². The zero-order valence-corrected chi connectivity index (χ0v) is 6.78. The number of aromatic nitrogens is 2. The molecular formula is C7H9F2N3O. The van der Waals surface area contributed by atoms with Gasteiger partial charge in [0.1, 0.15) is 0 Å². The van der Waals surface area contributed by atoms with Gasteiger partial charge in [-0.15, -0.1) is 5.10 Å². The Kier molecular flexibility index (Phi) is 3.51. The fourth-order valence-electron chi connectivity index (χ4n) is 0.763. The van der Waals surface area contributed by atoms with Crippen molar-refractivity contribution in [3.8, 4) is 5.88 Å². The van der Waals surface area contributed by atoms with E-state index in [2.05, 4.69) is 14.9 Å². The quantitative estimate of drug-likeness (QED) is 0.752. The van der Waals surface area contributed by atoms with Crippen LogP contribution in [0.2, 0.25) is 0 Å². The van der Waals surface area contributed by atoms with Gasteiger partial charge in [-0.2, -0.15) is 5.10 Å². The molecule has 0 radical (unpaired) electrons. The summed E-state index contributed by atoms with van der Waals surface area (Å²) in [7, 11) is 0. The van der Waals surface area contributed by atoms with E-state index < -0.39 is 13.0 Å². The molecule has 4 nitrogen and oxygen atoms in total. The molecule has 0 spiro atoms. The molecule has 0 aliphatic rings. The first-order chi connectivity index (χ1) is 6.24. The number of nitrogens with zero attached hydrogens (tertiary/aromatic N) is 2. The summed E-state index contributed by atoms with van der Waals surface area (Å²) in [4.78, 5) is 0. The molecule has 2 N–H and O–H groups in total. The van der Waals surface area contributed by atoms with Crippen LogP contribution in [0, 0.1) is 0 Å². The summed E-state index contributed by atoms with van der Waals surface area (Å²) in [5.74, 6) is 0.0744. The summed E-state index contributed by atoms with van der Waals surface area (Å²) in [6, 6.07) is 1.58. The van der Waals surface area contributed by atoms with Crippen molar-refractivity contribution in [1.29, 1.82) is 0 Å². The van der Waals surface area contributed by atoms with Gasteiger partial charge in [0.05, 0.1) is 6.20 Å². The molecule has 0 aliphatic carbocycles. The number of alkyl halides is 2. The van der Waals surface area contributed by atoms with E-state index in [1.54, 1.807) is 6.07 Å². The molecule has 0 bridgehead atoms. The molecule has 1 rings (SSSR count). The smallest absolute Gasteiger partial charge is 0.272 e. The molecule has 72 valence electrons. The first-order valence-electron chi connectivity index (χ1n) is 3.65. The van der Waals surface area contributed by atoms with Crippen LogP contribution >= 0.6 is 0 Å². The third kappa shape index (κ3) is 2.90. The average molecular weight is 189 g/mol. The third-order valence-electron chi connectivity index (χ3n) is 1.33. The van der Waals surface area contributed by atoms with Crippen LogP contribution in [0.25, 0.3) is 0 Å². The zero-order valence-electron chi connectivity index (χ0n) is 6.78. The highest BCUT2D eigenvalue weighted by Gasteiger charge is 2.07. The Balaban J connectivity index is 2.64. The molecular weight excluding hydrogens is 180 g/mol. The molecule has 0 unspecified atom stereocenters. The van der Waals surface area contributed by atoms with Crippen molar-refractivity contribution >= 4 is 0 Å². The van der Waals surface area contributed by atoms with Crippen LogP contribution in [0.15, 0.2) is 12.3 Å². The highest BCUT2D eigenvalue weighted by atomic mass is 19.3. The van der Waals surface area contributed by atoms with Crippen LogP contribution < -0.4 is 10.5 Å². The van der Waals surface area contributed by atoms with Gasteiger partial charge in [0, 0.05) is 12.1 Å². The van der Waals surface area contributed by atoms with Gasteiger partial charge in [0.2, 0.25) is 5.88 Å². The molecule has 0 aromatic carbocycles. The number of hydrogen-bond acceptors (Lipinski definition) is 4. The summed E-state index contributed by atoms with van der Waals surface area (Å²) in [5.41, 5.74) is 5.89. The van der Waals surface area contributed by atoms with Crippen molar-refractivity contribution in [3.05, 3.63) is 17.8 Å². The Labute approximate surface area is 73.7 Å². The van der Waals surface area contributed by atoms with E-state index in [9.17, 15) is 8.78 Å². The number of nitrogens with two attached hydrogens (primary N) is 1. The van der Waals surface area contributed by atoms with E-state index >= 15 is 0 Å². The lowest BCUT2D eigenvalue weighted by Crippen LogP contribution is -2.11. The van der Waals surface area contributed by atoms with Gasteiger partial charge in [0.15, 0.2) is 6.61 Å². The first-order valence-corrected chi connectivity index (χ1v) is 3.65. The van der Waals surface area contributed by atoms with Crippen LogP contribution in [-0.2, 0) is 6.54 Å². The standard InChI is InChI=1S/C7H9F2N3O/c8-6(9)4-13-7-5(3-10)1-2-11-12-7/h1-2,6H,3-4,10H2. The monoisotopic (exact) mass is 189 g/mol. The minimum absolute atomic E-state index is 0.0744. The van der Waals surface area contributed by atoms with E-state index in [4.69, 9.17) is 5.73 Å². The van der Waals surface area contributed by atoms with Gasteiger partial charge < -0.3 is 10.5 Å². The maximum atomic E-state index is 11.8. The molecule has 0 fully saturated rings. The molecule has 1 heterocycles. The number of ether oxygens (including phenoxy) is 1. The number of hydrogen-bond donors (Lipinski definition) is 1. The van der Waals surface area contributed by atoms with Gasteiger partial charge in [0.25, 0.3) is 6.43 Å². The fourth-order valence-corrected chi connectivity index (χ4v) is 0.763. The summed E-state index contributed by atoms with van der Waals surface area (Å²) in [6.07, 6.45) is -1.09. The van der Waals surface area contributed by atoms with Crippen molar-refractivity contribution in [2.45, 2.75) is 13.0 Å². The van der Waals surface area contributed by atoms with Gasteiger partial charge >= 0.3 is 0 Å². The van der Waals surface area contributed by atoms with E-state index in [-0.39, 0.29) is 12.4 Å². The highest BCUT2D eigenvalue weighted by molar-refractivity contribution is 5.22. The number of rotatable bonds is 4. The second-order valence-electron chi connectivity index (χ2n) is 2.27. The number of halogens is 2. The SMILES string of the molecule is NCc1ccnnc1OCC(F)F. The highest BCUT2D eigenvalue weighted by Crippen LogP contribution is 2.12. The normalized spacial score (nSPS) is 10.5. The predicted molar refractivity (Wildman–Crippen MR) is 41.4 cm³/mol. The summed E-state index contributed by atoms with van der Waals surface area (Å²) < 4.78 is 28.2. The molecule has 13 heavy (non-hydrogen) atoms. The summed E-state index contributed by atoms with van der Waals surface area (Å²) in [5, 5.41) is 7.03. The lowest BCUT2D eigenvalue weighted by Gasteiger charge is -2.06. The largest absolute Gasteiger partial charge is 0.470 e. The molecule has 0 saturated heterocycles. The van der Waals surface area contributed by atoms with E-state index in [1.807, 2.05) is 0 Å². The minimum Gasteiger partial charge on any atom is -0.470 e. The molecule has 0 saturated carbocycles. The van der Waals surface area contributed by atoms with Crippen molar-refractivity contribution < 1.29 is 13.5 Å². The van der Waals surface area contributed by atoms with Crippen molar-refractivity contribution in [2.24, 2.45) is 5.73 Å². The van der Waals surface area contributed by atoms with Gasteiger partial charge in [-0.25, -0.2) is 8.78 Å². The van der Waals surface area contributed by atoms with Crippen LogP contribution in [-0.4, -0.2) is 23.2 Å². The Bertz CT molecular complexity index is 270. The fraction of sp³-hybridized carbons (Fsp3) is 0.429. The van der Waals surface area contributed by atoms with Crippen LogP contribution in [0.3, 0.4) is 0 Å². The molecule has 0 amide bonds. The lowest BCUT2D eigenvalue weighted by molar-refractivity contribution is 0.0785. The Morgan fingerprint density at radius 1 is 1.54 bits per heavy atom. The summed E-state index contributed by atoms with van der Waals surface area (Å²) >= 11 is 0. The molecule has 6 heteroatoms. The lowest BCUT2D eigenvalue weighted by atomic mass is 10.3. The maximum absolute atomic E-state index is 11.8. The van der Waals surface area contributed by atoms with Crippen molar-refractivity contribution in [1.82, 2.24) is 10.2 Å². The predicted octanol–water partition coefficient (Wildman–Crippen LogP) is 0.579.